The van der Waals surface area contributed by atoms with Gasteiger partial charge in [0.15, 0.2) is 0 Å². The van der Waals surface area contributed by atoms with Crippen molar-refractivity contribution in [2.24, 2.45) is 5.41 Å². The molecule has 1 rings (SSSR count). The van der Waals surface area contributed by atoms with E-state index < -0.39 is 0 Å². The molecule has 1 aliphatic carbocycles. The maximum absolute atomic E-state index is 11.0. The van der Waals surface area contributed by atoms with Crippen molar-refractivity contribution in [1.82, 2.24) is 5.32 Å². The van der Waals surface area contributed by atoms with Crippen molar-refractivity contribution in [2.45, 2.75) is 32.6 Å². The fourth-order valence-electron chi connectivity index (χ4n) is 1.17. The summed E-state index contributed by atoms with van der Waals surface area (Å²) < 4.78 is 0. The molecule has 1 amide bonds. The summed E-state index contributed by atoms with van der Waals surface area (Å²) in [7, 11) is 0. The molecule has 0 radical (unpaired) electrons. The van der Waals surface area contributed by atoms with Gasteiger partial charge in [-0.1, -0.05) is 6.92 Å². The molecule has 1 fully saturated rings. The van der Waals surface area contributed by atoms with Crippen LogP contribution in [-0.2, 0) is 4.79 Å². The molecule has 0 spiro atoms. The maximum atomic E-state index is 11.0. The lowest BCUT2D eigenvalue weighted by Crippen LogP contribution is -2.31. The van der Waals surface area contributed by atoms with Gasteiger partial charge in [-0.15, -0.1) is 0 Å². The molecule has 3 heteroatoms. The summed E-state index contributed by atoms with van der Waals surface area (Å²) in [5.74, 6) is 0.109. The van der Waals surface area contributed by atoms with E-state index in [2.05, 4.69) is 5.32 Å². The normalized spacial score (nSPS) is 18.8. The number of aliphatic hydroxyl groups excluding tert-OH is 1. The average molecular weight is 171 g/mol. The Kier molecular flexibility index (Phi) is 3.09. The van der Waals surface area contributed by atoms with Crippen LogP contribution in [0, 0.1) is 5.41 Å². The number of aliphatic hydroxyl groups is 1. The number of hydrogen-bond acceptors (Lipinski definition) is 2. The van der Waals surface area contributed by atoms with E-state index in [1.165, 1.54) is 0 Å². The number of carbonyl (C=O) groups is 1. The van der Waals surface area contributed by atoms with E-state index in [-0.39, 0.29) is 17.9 Å². The first-order valence-electron chi connectivity index (χ1n) is 4.60. The van der Waals surface area contributed by atoms with E-state index in [0.29, 0.717) is 13.0 Å². The minimum Gasteiger partial charge on any atom is -0.396 e. The van der Waals surface area contributed by atoms with Crippen LogP contribution in [0.3, 0.4) is 0 Å². The number of hydrogen-bond donors (Lipinski definition) is 2. The Bertz CT molecular complexity index is 164. The smallest absolute Gasteiger partial charge is 0.220 e. The van der Waals surface area contributed by atoms with E-state index in [1.54, 1.807) is 0 Å². The van der Waals surface area contributed by atoms with Crippen LogP contribution in [0.4, 0.5) is 0 Å². The van der Waals surface area contributed by atoms with E-state index >= 15 is 0 Å². The van der Waals surface area contributed by atoms with Crippen LogP contribution in [0.5, 0.6) is 0 Å². The molecular formula is C9H17NO2. The zero-order chi connectivity index (χ0) is 9.03. The van der Waals surface area contributed by atoms with Crippen LogP contribution in [0.2, 0.25) is 0 Å². The predicted octanol–water partition coefficient (Wildman–Crippen LogP) is 0.675. The van der Waals surface area contributed by atoms with Crippen LogP contribution in [0.25, 0.3) is 0 Å². The van der Waals surface area contributed by atoms with Crippen molar-refractivity contribution in [3.63, 3.8) is 0 Å². The zero-order valence-electron chi connectivity index (χ0n) is 7.60. The van der Waals surface area contributed by atoms with Crippen molar-refractivity contribution >= 4 is 5.91 Å². The van der Waals surface area contributed by atoms with Crippen LogP contribution >= 0.6 is 0 Å². The SMILES string of the molecule is CCCC(=O)NCC1(CO)CC1. The van der Waals surface area contributed by atoms with E-state index in [1.807, 2.05) is 6.92 Å². The standard InChI is InChI=1S/C9H17NO2/c1-2-3-8(12)10-6-9(7-11)4-5-9/h11H,2-7H2,1H3,(H,10,12). The molecule has 0 saturated heterocycles. The lowest BCUT2D eigenvalue weighted by molar-refractivity contribution is -0.121. The third-order valence-electron chi connectivity index (χ3n) is 2.43. The van der Waals surface area contributed by atoms with Gasteiger partial charge in [0.25, 0.3) is 0 Å². The summed E-state index contributed by atoms with van der Waals surface area (Å²) in [6.45, 7) is 2.85. The largest absolute Gasteiger partial charge is 0.396 e. The van der Waals surface area contributed by atoms with E-state index in [9.17, 15) is 4.79 Å². The minimum atomic E-state index is 0.0450. The molecule has 12 heavy (non-hydrogen) atoms. The second-order valence-electron chi connectivity index (χ2n) is 3.68. The predicted molar refractivity (Wildman–Crippen MR) is 46.7 cm³/mol. The Morgan fingerprint density at radius 2 is 2.25 bits per heavy atom. The fraction of sp³-hybridized carbons (Fsp3) is 0.889. The summed E-state index contributed by atoms with van der Waals surface area (Å²) in [5, 5.41) is 11.8. The molecule has 0 aromatic rings. The topological polar surface area (TPSA) is 49.3 Å². The molecule has 0 atom stereocenters. The zero-order valence-corrected chi connectivity index (χ0v) is 7.60. The second-order valence-corrected chi connectivity index (χ2v) is 3.68. The Hall–Kier alpha value is -0.570. The van der Waals surface area contributed by atoms with Gasteiger partial charge in [-0.3, -0.25) is 4.79 Å². The monoisotopic (exact) mass is 171 g/mol. The third-order valence-corrected chi connectivity index (χ3v) is 2.43. The van der Waals surface area contributed by atoms with Gasteiger partial charge < -0.3 is 10.4 Å². The van der Waals surface area contributed by atoms with Crippen molar-refractivity contribution in [1.29, 1.82) is 0 Å². The lowest BCUT2D eigenvalue weighted by Gasteiger charge is -2.11. The van der Waals surface area contributed by atoms with Crippen LogP contribution in [0.1, 0.15) is 32.6 Å². The maximum Gasteiger partial charge on any atom is 0.220 e. The first-order valence-corrected chi connectivity index (χ1v) is 4.60. The van der Waals surface area contributed by atoms with Crippen molar-refractivity contribution in [2.75, 3.05) is 13.2 Å². The molecule has 1 saturated carbocycles. The highest BCUT2D eigenvalue weighted by Crippen LogP contribution is 2.44. The highest BCUT2D eigenvalue weighted by Gasteiger charge is 2.41. The van der Waals surface area contributed by atoms with Crippen molar-refractivity contribution in [3.8, 4) is 0 Å². The van der Waals surface area contributed by atoms with Gasteiger partial charge in [-0.05, 0) is 19.3 Å². The van der Waals surface area contributed by atoms with E-state index in [4.69, 9.17) is 5.11 Å². The van der Waals surface area contributed by atoms with Gasteiger partial charge in [-0.2, -0.15) is 0 Å². The molecule has 2 N–H and O–H groups in total. The summed E-state index contributed by atoms with van der Waals surface area (Å²) in [5.41, 5.74) is 0.0450. The highest BCUT2D eigenvalue weighted by molar-refractivity contribution is 5.75. The van der Waals surface area contributed by atoms with Crippen molar-refractivity contribution < 1.29 is 9.90 Å². The Balaban J connectivity index is 2.12. The third kappa shape index (κ3) is 2.48. The molecule has 0 aromatic heterocycles. The quantitative estimate of drug-likeness (QED) is 0.639. The van der Waals surface area contributed by atoms with Gasteiger partial charge in [0.05, 0.1) is 6.61 Å². The molecule has 0 aliphatic heterocycles. The molecular weight excluding hydrogens is 154 g/mol. The summed E-state index contributed by atoms with van der Waals surface area (Å²) in [4.78, 5) is 11.0. The van der Waals surface area contributed by atoms with Gasteiger partial charge in [0, 0.05) is 18.4 Å². The highest BCUT2D eigenvalue weighted by atomic mass is 16.3. The first-order chi connectivity index (χ1) is 5.72. The lowest BCUT2D eigenvalue weighted by atomic mass is 10.1. The number of rotatable bonds is 5. The van der Waals surface area contributed by atoms with Crippen LogP contribution in [0.15, 0.2) is 0 Å². The molecule has 3 nitrogen and oxygen atoms in total. The number of carbonyl (C=O) groups excluding carboxylic acids is 1. The van der Waals surface area contributed by atoms with Gasteiger partial charge >= 0.3 is 0 Å². The number of nitrogens with one attached hydrogen (secondary N) is 1. The molecule has 70 valence electrons. The Morgan fingerprint density at radius 1 is 1.58 bits per heavy atom. The molecule has 0 unspecified atom stereocenters. The van der Waals surface area contributed by atoms with Gasteiger partial charge in [0.1, 0.15) is 0 Å². The van der Waals surface area contributed by atoms with Gasteiger partial charge in [0.2, 0.25) is 5.91 Å². The van der Waals surface area contributed by atoms with E-state index in [0.717, 1.165) is 19.3 Å². The Labute approximate surface area is 73.2 Å². The molecule has 0 aromatic carbocycles. The average Bonchev–Trinajstić information content (AvgIpc) is 2.82. The van der Waals surface area contributed by atoms with Crippen molar-refractivity contribution in [3.05, 3.63) is 0 Å². The number of amides is 1. The molecule has 0 bridgehead atoms. The Morgan fingerprint density at radius 3 is 2.67 bits per heavy atom. The molecule has 0 heterocycles. The molecule has 1 aliphatic rings. The fourth-order valence-corrected chi connectivity index (χ4v) is 1.17. The van der Waals surface area contributed by atoms with Gasteiger partial charge in [-0.25, -0.2) is 0 Å². The summed E-state index contributed by atoms with van der Waals surface area (Å²) in [6.07, 6.45) is 3.59. The summed E-state index contributed by atoms with van der Waals surface area (Å²) >= 11 is 0. The first kappa shape index (κ1) is 9.52. The van der Waals surface area contributed by atoms with Crippen LogP contribution < -0.4 is 5.32 Å². The van der Waals surface area contributed by atoms with Crippen LogP contribution in [-0.4, -0.2) is 24.2 Å². The second kappa shape index (κ2) is 3.90. The minimum absolute atomic E-state index is 0.0450. The summed E-state index contributed by atoms with van der Waals surface area (Å²) in [6, 6.07) is 0.